The van der Waals surface area contributed by atoms with Crippen molar-refractivity contribution in [3.8, 4) is 5.75 Å². The fraction of sp³-hybridized carbons (Fsp3) is 0.375. The number of halogens is 2. The summed E-state index contributed by atoms with van der Waals surface area (Å²) in [5, 5.41) is 9.60. The molecule has 4 heterocycles. The lowest BCUT2D eigenvalue weighted by Crippen LogP contribution is -2.68. The number of anilines is 4. The molecule has 0 spiro atoms. The molecule has 0 atom stereocenters. The number of hydrogen-bond donors (Lipinski definition) is 3. The van der Waals surface area contributed by atoms with Crippen molar-refractivity contribution in [3.05, 3.63) is 124 Å². The van der Waals surface area contributed by atoms with Gasteiger partial charge in [-0.15, -0.1) is 20.5 Å². The number of likely N-dealkylation sites (N-methyl/N-ethyl adjacent to an activating group) is 2. The van der Waals surface area contributed by atoms with Crippen LogP contribution in [-0.4, -0.2) is 61.0 Å². The van der Waals surface area contributed by atoms with Gasteiger partial charge in [-0.2, -0.15) is 9.15 Å². The number of ether oxygens (including phenoxy) is 1. The molecule has 0 aromatic heterocycles. The fourth-order valence-corrected chi connectivity index (χ4v) is 9.72. The zero-order valence-corrected chi connectivity index (χ0v) is 41.1. The Balaban J connectivity index is 0.000000206. The quantitative estimate of drug-likeness (QED) is 0.166. The molecule has 0 radical (unpaired) electrons. The van der Waals surface area contributed by atoms with Crippen LogP contribution in [0.3, 0.4) is 0 Å². The Labute approximate surface area is 391 Å². The van der Waals surface area contributed by atoms with Crippen molar-refractivity contribution >= 4 is 45.5 Å². The molecule has 0 saturated heterocycles. The summed E-state index contributed by atoms with van der Waals surface area (Å²) < 4.78 is 78.0. The van der Waals surface area contributed by atoms with Gasteiger partial charge in [-0.25, -0.2) is 37.3 Å². The molecule has 16 nitrogen and oxygen atoms in total. The number of benzene rings is 4. The van der Waals surface area contributed by atoms with Gasteiger partial charge in [0.25, 0.3) is 0 Å². The van der Waals surface area contributed by atoms with Crippen molar-refractivity contribution in [2.24, 2.45) is 0 Å². The third-order valence-corrected chi connectivity index (χ3v) is 13.2. The first kappa shape index (κ1) is 51.9. The molecule has 0 unspecified atom stereocenters. The number of nitrogens with two attached hydrogens (primary N) is 2. The average molecular weight is 952 g/mol. The Hall–Kier alpha value is -5.08. The predicted octanol–water partition coefficient (Wildman–Crippen LogP) is -0.838. The minimum Gasteiger partial charge on any atom is -0.497 e. The lowest BCUT2D eigenvalue weighted by atomic mass is 9.78. The number of allylic oxidation sites excluding steroid dienone is 4. The monoisotopic (exact) mass is 950 g/mol. The fourth-order valence-electron chi connectivity index (χ4n) is 9.72. The lowest BCUT2D eigenvalue weighted by molar-refractivity contribution is -2.00. The van der Waals surface area contributed by atoms with Crippen LogP contribution in [0.15, 0.2) is 96.3 Å². The smallest absolute Gasteiger partial charge is 0.209 e. The summed E-state index contributed by atoms with van der Waals surface area (Å²) >= 11 is 0. The van der Waals surface area contributed by atoms with Gasteiger partial charge in [-0.3, -0.25) is 0 Å². The van der Waals surface area contributed by atoms with Crippen LogP contribution >= 0.6 is 0 Å². The van der Waals surface area contributed by atoms with Crippen LogP contribution in [0.5, 0.6) is 5.75 Å². The maximum atomic E-state index is 9.60. The van der Waals surface area contributed by atoms with Crippen molar-refractivity contribution in [1.29, 1.82) is 0 Å². The van der Waals surface area contributed by atoms with Gasteiger partial charge >= 0.3 is 0 Å². The lowest BCUT2D eigenvalue weighted by Gasteiger charge is -2.25. The zero-order valence-electron chi connectivity index (χ0n) is 39.6. The Bertz CT molecular complexity index is 2640. The highest BCUT2D eigenvalue weighted by Crippen LogP contribution is 2.51. The second-order valence-corrected chi connectivity index (χ2v) is 20.3. The Morgan fingerprint density at radius 2 is 0.924 bits per heavy atom. The minimum atomic E-state index is -4.94. The van der Waals surface area contributed by atoms with Crippen LogP contribution < -0.4 is 63.3 Å². The topological polar surface area (TPSA) is 278 Å². The number of hydrogen-bond acceptors (Lipinski definition) is 14. The first-order chi connectivity index (χ1) is 30.2. The maximum Gasteiger partial charge on any atom is 0.209 e. The predicted molar refractivity (Wildman–Crippen MR) is 234 cm³/mol. The molecule has 8 rings (SSSR count). The number of rotatable bonds is 4. The van der Waals surface area contributed by atoms with Gasteiger partial charge in [0.05, 0.1) is 24.5 Å². The molecule has 4 aromatic rings. The number of nitrogens with zero attached hydrogens (tertiary/aromatic N) is 4. The normalized spacial score (nSPS) is 19.3. The van der Waals surface area contributed by atoms with Gasteiger partial charge in [0.2, 0.25) is 11.4 Å². The molecule has 66 heavy (non-hydrogen) atoms. The van der Waals surface area contributed by atoms with Crippen molar-refractivity contribution in [2.75, 3.05) is 56.6 Å². The van der Waals surface area contributed by atoms with E-state index in [2.05, 4.69) is 163 Å². The van der Waals surface area contributed by atoms with Crippen molar-refractivity contribution in [2.45, 2.75) is 83.7 Å². The summed E-state index contributed by atoms with van der Waals surface area (Å²) in [6, 6.07) is 25.0. The molecule has 5 N–H and O–H groups in total. The van der Waals surface area contributed by atoms with E-state index in [4.69, 9.17) is 53.5 Å². The van der Waals surface area contributed by atoms with E-state index < -0.39 is 20.5 Å². The van der Waals surface area contributed by atoms with E-state index in [1.54, 1.807) is 7.11 Å². The van der Waals surface area contributed by atoms with Gasteiger partial charge in [0.15, 0.2) is 11.4 Å². The third kappa shape index (κ3) is 10.2. The molecule has 18 heteroatoms. The van der Waals surface area contributed by atoms with Gasteiger partial charge in [0.1, 0.15) is 19.8 Å². The molecule has 0 saturated carbocycles. The maximum absolute atomic E-state index is 9.60. The molecule has 0 fully saturated rings. The Morgan fingerprint density at radius 1 is 0.561 bits per heavy atom. The van der Waals surface area contributed by atoms with Crippen LogP contribution in [0.2, 0.25) is 0 Å². The van der Waals surface area contributed by atoms with Crippen LogP contribution in [0.4, 0.5) is 34.1 Å². The largest absolute Gasteiger partial charge is 0.497 e. The molecule has 4 aliphatic rings. The first-order valence-electron chi connectivity index (χ1n) is 20.8. The van der Waals surface area contributed by atoms with Gasteiger partial charge in [0, 0.05) is 94.5 Å². The van der Waals surface area contributed by atoms with Crippen LogP contribution in [0.25, 0.3) is 0 Å². The molecule has 0 bridgehead atoms. The van der Waals surface area contributed by atoms with Crippen molar-refractivity contribution < 1.29 is 76.8 Å². The van der Waals surface area contributed by atoms with Crippen LogP contribution in [-0.2, 0) is 28.3 Å². The molecule has 356 valence electrons. The van der Waals surface area contributed by atoms with E-state index >= 15 is 0 Å². The number of nitrogen functional groups attached to an aromatic ring is 2. The van der Waals surface area contributed by atoms with E-state index in [9.17, 15) is 5.11 Å². The summed E-state index contributed by atoms with van der Waals surface area (Å²) in [5.74, 6) is 0.890. The molecular formula is C48H60Cl2N6O10. The van der Waals surface area contributed by atoms with Gasteiger partial charge < -0.3 is 31.1 Å². The summed E-state index contributed by atoms with van der Waals surface area (Å²) in [6.45, 7) is 18.2. The highest BCUT2D eigenvalue weighted by molar-refractivity contribution is 6.05. The summed E-state index contributed by atoms with van der Waals surface area (Å²) in [4.78, 5) is 4.58. The van der Waals surface area contributed by atoms with E-state index in [1.165, 1.54) is 67.8 Å². The second-order valence-electron chi connectivity index (χ2n) is 18.8. The minimum absolute atomic E-state index is 0.0659. The standard InChI is InChI=1S/C25H31N2O2.C23H29N4.2ClHO4/c1-24(2)18-12-16(15-28)8-10-20(18)26(5)22(24)14-23-25(3,4)19-13-17(29-7)9-11-21(19)27(23)6;1-22(2)16-11-14(24)7-9-18(16)26(5)20(22)13-21-23(3,4)17-12-15(25)8-10-19(17)27(21)6;2*2-1(3,4)5/h8-14,28H,15H2,1-7H3;7-13H,24-25H2,1-6H3;2*(H,2,3,4,5)/q2*+1;;/p-2. The number of fused-ring (bicyclic) bond motifs is 4. The van der Waals surface area contributed by atoms with E-state index in [1.807, 2.05) is 24.3 Å². The average Bonchev–Trinajstić information content (AvgIpc) is 3.68. The van der Waals surface area contributed by atoms with Crippen molar-refractivity contribution in [3.63, 3.8) is 0 Å². The van der Waals surface area contributed by atoms with Gasteiger partial charge in [-0.1, -0.05) is 39.8 Å². The van der Waals surface area contributed by atoms with Crippen molar-refractivity contribution in [1.82, 2.24) is 0 Å². The second kappa shape index (κ2) is 18.2. The summed E-state index contributed by atoms with van der Waals surface area (Å²) in [6.07, 6.45) is 4.71. The SMILES string of the molecule is CN1C(=CC2=[N+](C)c3ccc(N)cc3C2(C)C)C(C)(C)c2cc(N)ccc21.COc1ccc2c(c1)C(C)(C)C(C=C1N(C)c3ccc(CO)cc3C1(C)C)=[N+]2C.[O-][Cl+3]([O-])([O-])[O-].[O-][Cl+3]([O-])([O-])[O-]. The van der Waals surface area contributed by atoms with Crippen LogP contribution in [0, 0.1) is 20.5 Å². The van der Waals surface area contributed by atoms with E-state index in [0.717, 1.165) is 22.7 Å². The molecule has 4 aliphatic heterocycles. The highest BCUT2D eigenvalue weighted by atomic mass is 35.7. The van der Waals surface area contributed by atoms with Crippen LogP contribution in [0.1, 0.15) is 83.2 Å². The number of methoxy groups -OCH3 is 1. The number of aliphatic hydroxyl groups is 1. The number of aliphatic hydroxyl groups excluding tert-OH is 1. The molecular weight excluding hydrogens is 891 g/mol. The Kier molecular flexibility index (Phi) is 14.3. The molecule has 0 aliphatic carbocycles. The first-order valence-corrected chi connectivity index (χ1v) is 23.2. The zero-order chi connectivity index (χ0) is 49.9. The van der Waals surface area contributed by atoms with E-state index in [-0.39, 0.29) is 28.3 Å². The molecule has 0 amide bonds. The summed E-state index contributed by atoms with van der Waals surface area (Å²) in [5.41, 5.74) is 29.3. The van der Waals surface area contributed by atoms with Gasteiger partial charge in [-0.05, 0) is 92.9 Å². The Morgan fingerprint density at radius 3 is 1.35 bits per heavy atom. The highest BCUT2D eigenvalue weighted by Gasteiger charge is 2.48. The summed E-state index contributed by atoms with van der Waals surface area (Å²) in [7, 11) is 0.391. The third-order valence-electron chi connectivity index (χ3n) is 13.2. The van der Waals surface area contributed by atoms with E-state index in [0.29, 0.717) is 0 Å². The molecule has 4 aromatic carbocycles.